The van der Waals surface area contributed by atoms with Gasteiger partial charge in [0.25, 0.3) is 0 Å². The quantitative estimate of drug-likeness (QED) is 0.751. The maximum absolute atomic E-state index is 12.6. The van der Waals surface area contributed by atoms with Crippen molar-refractivity contribution in [2.45, 2.75) is 24.8 Å². The smallest absolute Gasteiger partial charge is 0.245 e. The van der Waals surface area contributed by atoms with Crippen LogP contribution in [0, 0.1) is 0 Å². The van der Waals surface area contributed by atoms with Crippen LogP contribution in [0.5, 0.6) is 0 Å². The van der Waals surface area contributed by atoms with E-state index in [1.165, 1.54) is 12.1 Å². The Kier molecular flexibility index (Phi) is 5.42. The van der Waals surface area contributed by atoms with Crippen LogP contribution < -0.4 is 11.5 Å². The fourth-order valence-corrected chi connectivity index (χ4v) is 4.46. The number of nitrogen functional groups attached to an aromatic ring is 1. The molecule has 1 aromatic carbocycles. The highest BCUT2D eigenvalue weighted by molar-refractivity contribution is 9.10. The summed E-state index contributed by atoms with van der Waals surface area (Å²) in [7, 11) is -3.95. The monoisotopic (exact) mass is 383 g/mol. The third-order valence-electron chi connectivity index (χ3n) is 2.51. The van der Waals surface area contributed by atoms with Crippen molar-refractivity contribution in [2.24, 2.45) is 5.73 Å². The van der Waals surface area contributed by atoms with E-state index >= 15 is 0 Å². The predicted octanol–water partition coefficient (Wildman–Crippen LogP) is 1.57. The maximum Gasteiger partial charge on any atom is 0.245 e. The first-order valence-corrected chi connectivity index (χ1v) is 8.23. The largest absolute Gasteiger partial charge is 0.398 e. The molecule has 0 heterocycles. The molecule has 0 spiro atoms. The first-order chi connectivity index (χ1) is 9.07. The van der Waals surface area contributed by atoms with Crippen molar-refractivity contribution in [3.8, 4) is 0 Å². The molecule has 0 aliphatic carbocycles. The number of halogens is 2. The van der Waals surface area contributed by atoms with E-state index in [0.717, 1.165) is 4.31 Å². The number of sulfonamides is 1. The Hall–Kier alpha value is -0.830. The maximum atomic E-state index is 12.6. The molecule has 0 saturated heterocycles. The van der Waals surface area contributed by atoms with Gasteiger partial charge in [-0.3, -0.25) is 4.79 Å². The summed E-state index contributed by atoms with van der Waals surface area (Å²) in [4.78, 5) is 11.0. The summed E-state index contributed by atoms with van der Waals surface area (Å²) in [5.41, 5.74) is 11.0. The van der Waals surface area contributed by atoms with Crippen LogP contribution >= 0.6 is 27.5 Å². The molecule has 0 aliphatic heterocycles. The summed E-state index contributed by atoms with van der Waals surface area (Å²) >= 11 is 8.97. The molecule has 112 valence electrons. The number of anilines is 1. The number of hydrogen-bond acceptors (Lipinski definition) is 4. The van der Waals surface area contributed by atoms with Crippen molar-refractivity contribution in [1.29, 1.82) is 0 Å². The number of primary amides is 1. The Morgan fingerprint density at radius 2 is 2.00 bits per heavy atom. The van der Waals surface area contributed by atoms with E-state index in [2.05, 4.69) is 15.9 Å². The minimum Gasteiger partial charge on any atom is -0.398 e. The molecule has 4 N–H and O–H groups in total. The SMILES string of the molecule is CC(C)N(CC(N)=O)S(=O)(=O)c1cc(Cl)cc(N)c1Br. The lowest BCUT2D eigenvalue weighted by molar-refractivity contribution is -0.118. The number of benzene rings is 1. The highest BCUT2D eigenvalue weighted by atomic mass is 79.9. The summed E-state index contributed by atoms with van der Waals surface area (Å²) < 4.78 is 26.4. The minimum absolute atomic E-state index is 0.0996. The fraction of sp³-hybridized carbons (Fsp3) is 0.364. The molecule has 0 radical (unpaired) electrons. The van der Waals surface area contributed by atoms with Crippen LogP contribution in [0.2, 0.25) is 5.02 Å². The zero-order chi connectivity index (χ0) is 15.7. The zero-order valence-corrected chi connectivity index (χ0v) is 14.1. The number of carbonyl (C=O) groups is 1. The van der Waals surface area contributed by atoms with Gasteiger partial charge in [0, 0.05) is 16.8 Å². The van der Waals surface area contributed by atoms with Gasteiger partial charge in [0.05, 0.1) is 15.9 Å². The third kappa shape index (κ3) is 3.63. The van der Waals surface area contributed by atoms with Gasteiger partial charge in [-0.15, -0.1) is 0 Å². The van der Waals surface area contributed by atoms with Gasteiger partial charge in [0.2, 0.25) is 15.9 Å². The molecule has 0 aliphatic rings. The van der Waals surface area contributed by atoms with Gasteiger partial charge in [0.15, 0.2) is 0 Å². The van der Waals surface area contributed by atoms with Crippen molar-refractivity contribution < 1.29 is 13.2 Å². The van der Waals surface area contributed by atoms with Gasteiger partial charge in [-0.25, -0.2) is 8.42 Å². The Labute approximate surface area is 131 Å². The van der Waals surface area contributed by atoms with E-state index in [0.29, 0.717) is 0 Å². The van der Waals surface area contributed by atoms with Crippen LogP contribution in [0.4, 0.5) is 5.69 Å². The van der Waals surface area contributed by atoms with Gasteiger partial charge in [-0.2, -0.15) is 4.31 Å². The summed E-state index contributed by atoms with van der Waals surface area (Å²) in [6, 6.07) is 2.26. The average Bonchev–Trinajstić information content (AvgIpc) is 2.29. The summed E-state index contributed by atoms with van der Waals surface area (Å²) in [6.07, 6.45) is 0. The van der Waals surface area contributed by atoms with Crippen molar-refractivity contribution in [3.63, 3.8) is 0 Å². The van der Waals surface area contributed by atoms with E-state index in [4.69, 9.17) is 23.1 Å². The second-order valence-corrected chi connectivity index (χ2v) is 7.51. The van der Waals surface area contributed by atoms with Crippen molar-refractivity contribution in [2.75, 3.05) is 12.3 Å². The molecule has 9 heteroatoms. The van der Waals surface area contributed by atoms with Crippen LogP contribution in [-0.2, 0) is 14.8 Å². The van der Waals surface area contributed by atoms with Crippen LogP contribution in [0.1, 0.15) is 13.8 Å². The number of nitrogens with zero attached hydrogens (tertiary/aromatic N) is 1. The van der Waals surface area contributed by atoms with Crippen molar-refractivity contribution >= 4 is 49.1 Å². The molecule has 6 nitrogen and oxygen atoms in total. The topological polar surface area (TPSA) is 106 Å². The molecule has 0 aromatic heterocycles. The van der Waals surface area contributed by atoms with Crippen molar-refractivity contribution in [1.82, 2.24) is 4.31 Å². The van der Waals surface area contributed by atoms with Gasteiger partial charge in [0.1, 0.15) is 0 Å². The average molecular weight is 385 g/mol. The first-order valence-electron chi connectivity index (χ1n) is 5.62. The molecular formula is C11H15BrClN3O3S. The Balaban J connectivity index is 3.45. The number of hydrogen-bond donors (Lipinski definition) is 2. The molecule has 0 saturated carbocycles. The van der Waals surface area contributed by atoms with Gasteiger partial charge in [-0.1, -0.05) is 11.6 Å². The van der Waals surface area contributed by atoms with Crippen LogP contribution in [-0.4, -0.2) is 31.2 Å². The highest BCUT2D eigenvalue weighted by Crippen LogP contribution is 2.33. The van der Waals surface area contributed by atoms with Crippen LogP contribution in [0.25, 0.3) is 0 Å². The number of carbonyl (C=O) groups excluding carboxylic acids is 1. The second kappa shape index (κ2) is 6.30. The zero-order valence-electron chi connectivity index (χ0n) is 10.9. The predicted molar refractivity (Wildman–Crippen MR) is 81.8 cm³/mol. The van der Waals surface area contributed by atoms with Gasteiger partial charge >= 0.3 is 0 Å². The van der Waals surface area contributed by atoms with Crippen molar-refractivity contribution in [3.05, 3.63) is 21.6 Å². The number of rotatable bonds is 5. The molecule has 0 unspecified atom stereocenters. The molecule has 0 fully saturated rings. The van der Waals surface area contributed by atoms with E-state index in [9.17, 15) is 13.2 Å². The van der Waals surface area contributed by atoms with Crippen LogP contribution in [0.15, 0.2) is 21.5 Å². The lowest BCUT2D eigenvalue weighted by Crippen LogP contribution is -2.42. The summed E-state index contributed by atoms with van der Waals surface area (Å²) in [5.74, 6) is -0.742. The fourth-order valence-electron chi connectivity index (χ4n) is 1.60. The molecule has 1 rings (SSSR count). The first kappa shape index (κ1) is 17.2. The minimum atomic E-state index is -3.95. The third-order valence-corrected chi connectivity index (χ3v) is 5.92. The summed E-state index contributed by atoms with van der Waals surface area (Å²) in [6.45, 7) is 2.86. The standard InChI is InChI=1S/C11H15BrClN3O3S/c1-6(2)16(5-10(15)17)20(18,19)9-4-7(13)3-8(14)11(9)12/h3-4,6H,5,14H2,1-2H3,(H2,15,17). The van der Waals surface area contributed by atoms with E-state index in [-0.39, 0.29) is 20.1 Å². The lowest BCUT2D eigenvalue weighted by Gasteiger charge is -2.25. The number of nitrogens with two attached hydrogens (primary N) is 2. The normalized spacial score (nSPS) is 12.1. The Morgan fingerprint density at radius 3 is 2.45 bits per heavy atom. The van der Waals surface area contributed by atoms with Gasteiger partial charge < -0.3 is 11.5 Å². The van der Waals surface area contributed by atoms with Gasteiger partial charge in [-0.05, 0) is 41.9 Å². The molecule has 0 atom stereocenters. The summed E-state index contributed by atoms with van der Waals surface area (Å²) in [5, 5.41) is 0.187. The lowest BCUT2D eigenvalue weighted by atomic mass is 10.3. The number of amides is 1. The molecule has 1 amide bonds. The Bertz CT molecular complexity index is 634. The van der Waals surface area contributed by atoms with Crippen LogP contribution in [0.3, 0.4) is 0 Å². The Morgan fingerprint density at radius 1 is 1.45 bits per heavy atom. The molecular weight excluding hydrogens is 370 g/mol. The van der Waals surface area contributed by atoms with E-state index in [1.54, 1.807) is 13.8 Å². The second-order valence-electron chi connectivity index (χ2n) is 4.42. The highest BCUT2D eigenvalue weighted by Gasteiger charge is 2.31. The molecule has 1 aromatic rings. The molecule has 0 bridgehead atoms. The van der Waals surface area contributed by atoms with E-state index in [1.807, 2.05) is 0 Å². The van der Waals surface area contributed by atoms with E-state index < -0.39 is 28.5 Å². The molecule has 20 heavy (non-hydrogen) atoms.